The molecule has 3 aliphatic heterocycles. The summed E-state index contributed by atoms with van der Waals surface area (Å²) in [6, 6.07) is 14.0. The van der Waals surface area contributed by atoms with Crippen molar-refractivity contribution in [1.82, 2.24) is 29.5 Å². The first-order valence-corrected chi connectivity index (χ1v) is 21.7. The van der Waals surface area contributed by atoms with Gasteiger partial charge in [-0.25, -0.2) is 29.0 Å². The quantitative estimate of drug-likeness (QED) is 0.133. The van der Waals surface area contributed by atoms with Gasteiger partial charge in [0.2, 0.25) is 5.60 Å². The van der Waals surface area contributed by atoms with Crippen molar-refractivity contribution in [3.8, 4) is 34.3 Å². The lowest BCUT2D eigenvalue weighted by atomic mass is 9.75. The van der Waals surface area contributed by atoms with Gasteiger partial charge in [-0.1, -0.05) is 33.8 Å². The maximum atomic E-state index is 14.3. The number of amides is 1. The highest BCUT2D eigenvalue weighted by Crippen LogP contribution is 2.49. The van der Waals surface area contributed by atoms with Crippen LogP contribution in [-0.2, 0) is 45.0 Å². The van der Waals surface area contributed by atoms with Crippen molar-refractivity contribution in [2.45, 2.75) is 90.4 Å². The molecule has 5 aromatic rings. The number of carbonyl (C=O) groups is 3. The normalized spacial score (nSPS) is 21.1. The molecule has 15 heteroatoms. The number of nitrogens with zero attached hydrogens (tertiary/aromatic N) is 5. The Bertz CT molecular complexity index is 2920. The van der Waals surface area contributed by atoms with E-state index in [4.69, 9.17) is 14.5 Å². The number of cyclic esters (lactones) is 1. The topological polar surface area (TPSA) is 200 Å². The monoisotopic (exact) mass is 852 g/mol. The molecule has 324 valence electrons. The number of ether oxygens (including phenoxy) is 2. The number of carbonyl (C=O) groups excluding carboxylic acids is 3. The second-order valence-corrected chi connectivity index (χ2v) is 17.6. The van der Waals surface area contributed by atoms with E-state index < -0.39 is 29.3 Å². The molecular weight excluding hydrogens is 805 g/mol. The molecule has 4 N–H and O–H groups in total. The van der Waals surface area contributed by atoms with Crippen LogP contribution in [0.25, 0.3) is 33.6 Å². The molecule has 5 aliphatic rings. The van der Waals surface area contributed by atoms with Crippen LogP contribution in [0.15, 0.2) is 70.5 Å². The first-order chi connectivity index (χ1) is 30.3. The number of ketones is 1. The number of allylic oxidation sites excluding steroid dienone is 1. The Morgan fingerprint density at radius 3 is 2.51 bits per heavy atom. The Kier molecular flexibility index (Phi) is 9.58. The third kappa shape index (κ3) is 6.34. The number of hydrogen-bond acceptors (Lipinski definition) is 12. The number of aromatic amines is 1. The van der Waals surface area contributed by atoms with E-state index in [-0.39, 0.29) is 53.8 Å². The van der Waals surface area contributed by atoms with E-state index in [9.17, 15) is 34.5 Å². The molecule has 1 saturated heterocycles. The van der Waals surface area contributed by atoms with E-state index in [1.54, 1.807) is 36.1 Å². The molecule has 0 spiro atoms. The molecule has 1 unspecified atom stereocenters. The first-order valence-electron chi connectivity index (χ1n) is 21.7. The Labute approximate surface area is 362 Å². The third-order valence-corrected chi connectivity index (χ3v) is 13.8. The molecule has 2 aromatic heterocycles. The minimum Gasteiger partial charge on any atom is -0.508 e. The smallest absolute Gasteiger partial charge is 0.411 e. The van der Waals surface area contributed by atoms with Crippen LogP contribution in [0.3, 0.4) is 0 Å². The third-order valence-electron chi connectivity index (χ3n) is 13.8. The number of nitrogens with one attached hydrogen (secondary N) is 1. The number of Topliss-reactive ketones (excluding diaryl/α,β-unsaturated/α-hetero) is 1. The highest BCUT2D eigenvalue weighted by atomic mass is 16.6. The standard InChI is InChI=1S/C48H48N6O9/c1-5-30-32-16-29(55)9-10-39(32)49-42-33(30)18-35-34(42)19-38-37(43(35)58)23-62-45(59)48(38,6-2)63-47(61)52-13-11-27(12-14-52)53-21-25-7-8-28(15-26(25)22-53)54-44(50-51-46(54)60)36-17-31(24(3)4)40(56)20-41(36)57/h7-10,15-17,19-20,24,27,35,55-57H,5-6,11-14,18,21-23H2,1-4H3,(H,51,60)/t35?,48-/m0/s1. The van der Waals surface area contributed by atoms with Crippen LogP contribution in [0, 0.1) is 5.92 Å². The number of rotatable bonds is 7. The summed E-state index contributed by atoms with van der Waals surface area (Å²) in [5.74, 6) is -1.26. The van der Waals surface area contributed by atoms with E-state index in [2.05, 4.69) is 15.1 Å². The number of aryl methyl sites for hydroxylation is 1. The van der Waals surface area contributed by atoms with Crippen LogP contribution in [0.2, 0.25) is 0 Å². The van der Waals surface area contributed by atoms with Gasteiger partial charge < -0.3 is 29.7 Å². The molecular formula is C48H48N6O9. The molecule has 0 bridgehead atoms. The number of aromatic hydroxyl groups is 3. The predicted molar refractivity (Wildman–Crippen MR) is 231 cm³/mol. The number of H-pyrrole nitrogens is 1. The number of benzene rings is 3. The fourth-order valence-corrected chi connectivity index (χ4v) is 10.4. The van der Waals surface area contributed by atoms with E-state index in [1.807, 2.05) is 45.0 Å². The van der Waals surface area contributed by atoms with Gasteiger partial charge in [-0.3, -0.25) is 9.69 Å². The Balaban J connectivity index is 0.853. The van der Waals surface area contributed by atoms with Crippen molar-refractivity contribution in [3.63, 3.8) is 0 Å². The van der Waals surface area contributed by atoms with Gasteiger partial charge in [0.1, 0.15) is 23.9 Å². The predicted octanol–water partition coefficient (Wildman–Crippen LogP) is 6.34. The van der Waals surface area contributed by atoms with Gasteiger partial charge in [0.25, 0.3) is 0 Å². The highest BCUT2D eigenvalue weighted by molar-refractivity contribution is 6.12. The van der Waals surface area contributed by atoms with Crippen LogP contribution < -0.4 is 5.69 Å². The lowest BCUT2D eigenvalue weighted by Gasteiger charge is -2.41. The van der Waals surface area contributed by atoms with Gasteiger partial charge in [-0.2, -0.15) is 5.10 Å². The van der Waals surface area contributed by atoms with Crippen molar-refractivity contribution >= 4 is 34.3 Å². The number of phenols is 3. The fraction of sp³-hybridized carbons (Fsp3) is 0.375. The minimum absolute atomic E-state index is 0.0309. The molecule has 0 saturated carbocycles. The van der Waals surface area contributed by atoms with E-state index in [0.717, 1.165) is 27.6 Å². The second kappa shape index (κ2) is 15.0. The molecule has 5 heterocycles. The number of aromatic nitrogens is 4. The van der Waals surface area contributed by atoms with E-state index in [1.165, 1.54) is 10.6 Å². The summed E-state index contributed by atoms with van der Waals surface area (Å²) >= 11 is 0. The molecule has 1 amide bonds. The number of hydrogen-bond donors (Lipinski definition) is 4. The molecule has 3 aromatic carbocycles. The fourth-order valence-electron chi connectivity index (χ4n) is 10.4. The zero-order valence-corrected chi connectivity index (χ0v) is 35.5. The zero-order chi connectivity index (χ0) is 44.1. The van der Waals surface area contributed by atoms with Gasteiger partial charge in [-0.15, -0.1) is 0 Å². The summed E-state index contributed by atoms with van der Waals surface area (Å²) < 4.78 is 13.3. The van der Waals surface area contributed by atoms with Gasteiger partial charge in [0.15, 0.2) is 11.6 Å². The summed E-state index contributed by atoms with van der Waals surface area (Å²) in [5, 5.41) is 39.1. The van der Waals surface area contributed by atoms with Crippen LogP contribution in [0.1, 0.15) is 86.4 Å². The maximum absolute atomic E-state index is 14.3. The number of piperidine rings is 1. The maximum Gasteiger partial charge on any atom is 0.411 e. The molecule has 0 radical (unpaired) electrons. The zero-order valence-electron chi connectivity index (χ0n) is 35.5. The lowest BCUT2D eigenvalue weighted by molar-refractivity contribution is -0.164. The number of likely N-dealkylation sites (tertiary alicyclic amines) is 1. The molecule has 2 atom stereocenters. The average Bonchev–Trinajstić information content (AvgIpc) is 3.98. The van der Waals surface area contributed by atoms with Crippen molar-refractivity contribution in [1.29, 1.82) is 0 Å². The molecule has 10 rings (SSSR count). The summed E-state index contributed by atoms with van der Waals surface area (Å²) in [5.41, 5.74) is 6.20. The summed E-state index contributed by atoms with van der Waals surface area (Å²) in [7, 11) is 0. The van der Waals surface area contributed by atoms with Crippen LogP contribution >= 0.6 is 0 Å². The highest BCUT2D eigenvalue weighted by Gasteiger charge is 2.54. The SMILES string of the molecule is CCc1c2c(nc3ccc(O)cc13)C1=CC3=C(COC(=O)[C@@]3(CC)OC(=O)N3CCC(N4Cc5ccc(-n6c(-c7cc(C(C)C)c(O)cc7O)n[nH]c6=O)cc5C4)CC3)C(=O)C1C2. The van der Waals surface area contributed by atoms with Crippen molar-refractivity contribution < 1.29 is 39.2 Å². The summed E-state index contributed by atoms with van der Waals surface area (Å²) in [4.78, 5) is 64.2. The van der Waals surface area contributed by atoms with Crippen LogP contribution in [0.5, 0.6) is 17.2 Å². The number of pyridine rings is 1. The number of esters is 1. The van der Waals surface area contributed by atoms with Crippen molar-refractivity contribution in [2.24, 2.45) is 5.92 Å². The Morgan fingerprint density at radius 2 is 1.76 bits per heavy atom. The number of fused-ring (bicyclic) bond motifs is 5. The lowest BCUT2D eigenvalue weighted by Crippen LogP contribution is -2.54. The largest absolute Gasteiger partial charge is 0.508 e. The second-order valence-electron chi connectivity index (χ2n) is 17.6. The van der Waals surface area contributed by atoms with E-state index >= 15 is 0 Å². The summed E-state index contributed by atoms with van der Waals surface area (Å²) in [6.07, 6.45) is 3.72. The van der Waals surface area contributed by atoms with Crippen LogP contribution in [0.4, 0.5) is 4.79 Å². The van der Waals surface area contributed by atoms with Gasteiger partial charge in [0.05, 0.1) is 28.4 Å². The van der Waals surface area contributed by atoms with Gasteiger partial charge >= 0.3 is 17.8 Å². The van der Waals surface area contributed by atoms with Crippen molar-refractivity contribution in [2.75, 3.05) is 19.7 Å². The Morgan fingerprint density at radius 1 is 0.984 bits per heavy atom. The minimum atomic E-state index is -1.81. The van der Waals surface area contributed by atoms with Crippen LogP contribution in [-0.4, -0.2) is 94.1 Å². The molecule has 15 nitrogen and oxygen atoms in total. The average molecular weight is 853 g/mol. The molecule has 2 aliphatic carbocycles. The number of phenolic OH excluding ortho intramolecular Hbond substituents is 3. The molecule has 63 heavy (non-hydrogen) atoms. The first kappa shape index (κ1) is 40.3. The molecule has 1 fully saturated rings. The van der Waals surface area contributed by atoms with E-state index in [0.29, 0.717) is 96.6 Å². The van der Waals surface area contributed by atoms with Crippen molar-refractivity contribution in [3.05, 3.63) is 110 Å². The van der Waals surface area contributed by atoms with Gasteiger partial charge in [0, 0.05) is 54.8 Å². The summed E-state index contributed by atoms with van der Waals surface area (Å²) in [6.45, 7) is 9.56. The van der Waals surface area contributed by atoms with Gasteiger partial charge in [-0.05, 0) is 114 Å². The Hall–Kier alpha value is -6.74.